The summed E-state index contributed by atoms with van der Waals surface area (Å²) >= 11 is 0. The number of hydrogen-bond donors (Lipinski definition) is 1. The molecule has 0 aliphatic carbocycles. The minimum Gasteiger partial charge on any atom is -0.355 e. The lowest BCUT2D eigenvalue weighted by molar-refractivity contribution is -0.121. The van der Waals surface area contributed by atoms with Gasteiger partial charge in [0.1, 0.15) is 12.4 Å². The van der Waals surface area contributed by atoms with Gasteiger partial charge >= 0.3 is 0 Å². The van der Waals surface area contributed by atoms with E-state index in [2.05, 4.69) is 5.32 Å². The van der Waals surface area contributed by atoms with Gasteiger partial charge in [-0.1, -0.05) is 43.3 Å². The zero-order valence-corrected chi connectivity index (χ0v) is 15.8. The Labute approximate surface area is 157 Å². The van der Waals surface area contributed by atoms with Gasteiger partial charge in [-0.3, -0.25) is 4.79 Å². The molecule has 5 nitrogen and oxygen atoms in total. The fraction of sp³-hybridized carbons (Fsp3) is 0.250. The molecule has 3 rings (SSSR count). The first-order valence-corrected chi connectivity index (χ1v) is 10.4. The number of rotatable bonds is 7. The summed E-state index contributed by atoms with van der Waals surface area (Å²) in [7, 11) is -3.79. The predicted octanol–water partition coefficient (Wildman–Crippen LogP) is 3.28. The van der Waals surface area contributed by atoms with Gasteiger partial charge in [-0.05, 0) is 18.6 Å². The molecule has 2 aromatic carbocycles. The maximum absolute atomic E-state index is 13.9. The van der Waals surface area contributed by atoms with Crippen LogP contribution in [0.25, 0.3) is 10.9 Å². The summed E-state index contributed by atoms with van der Waals surface area (Å²) in [5.41, 5.74) is 0.770. The van der Waals surface area contributed by atoms with E-state index in [0.29, 0.717) is 17.4 Å². The van der Waals surface area contributed by atoms with E-state index < -0.39 is 21.4 Å². The first-order valence-electron chi connectivity index (χ1n) is 8.73. The number of carbonyl (C=O) groups excluding carboxylic acids is 1. The lowest BCUT2D eigenvalue weighted by Gasteiger charge is -2.06. The minimum absolute atomic E-state index is 0.0235. The van der Waals surface area contributed by atoms with E-state index in [-0.39, 0.29) is 22.9 Å². The molecule has 0 atom stereocenters. The van der Waals surface area contributed by atoms with Crippen molar-refractivity contribution in [3.63, 3.8) is 0 Å². The lowest BCUT2D eigenvalue weighted by Crippen LogP contribution is -2.27. The van der Waals surface area contributed by atoms with E-state index in [1.54, 1.807) is 34.9 Å². The van der Waals surface area contributed by atoms with Crippen molar-refractivity contribution in [3.05, 3.63) is 66.1 Å². The molecule has 0 unspecified atom stereocenters. The number of halogens is 1. The lowest BCUT2D eigenvalue weighted by atomic mass is 10.2. The van der Waals surface area contributed by atoms with E-state index >= 15 is 0 Å². The molecule has 0 fully saturated rings. The molecule has 7 heteroatoms. The van der Waals surface area contributed by atoms with Crippen LogP contribution in [0.5, 0.6) is 0 Å². The van der Waals surface area contributed by atoms with Crippen molar-refractivity contribution in [2.45, 2.75) is 30.5 Å². The predicted molar refractivity (Wildman–Crippen MR) is 103 cm³/mol. The average Bonchev–Trinajstić information content (AvgIpc) is 3.01. The van der Waals surface area contributed by atoms with Crippen molar-refractivity contribution in [2.75, 3.05) is 6.54 Å². The highest BCUT2D eigenvalue weighted by molar-refractivity contribution is 7.90. The number of aromatic nitrogens is 1. The van der Waals surface area contributed by atoms with Crippen LogP contribution < -0.4 is 5.32 Å². The zero-order chi connectivity index (χ0) is 19.4. The van der Waals surface area contributed by atoms with Gasteiger partial charge in [0.05, 0.1) is 10.6 Å². The molecular weight excluding hydrogens is 367 g/mol. The van der Waals surface area contributed by atoms with Crippen LogP contribution in [0.4, 0.5) is 4.39 Å². The second-order valence-electron chi connectivity index (χ2n) is 6.34. The average molecular weight is 388 g/mol. The number of hydrogen-bond acceptors (Lipinski definition) is 3. The summed E-state index contributed by atoms with van der Waals surface area (Å²) in [5, 5.41) is 3.31. The number of benzene rings is 2. The number of nitrogens with one attached hydrogen (secondary N) is 1. The van der Waals surface area contributed by atoms with Gasteiger partial charge in [-0.2, -0.15) is 0 Å². The Morgan fingerprint density at radius 1 is 1.11 bits per heavy atom. The molecule has 0 radical (unpaired) electrons. The second kappa shape index (κ2) is 7.92. The summed E-state index contributed by atoms with van der Waals surface area (Å²) in [4.78, 5) is 12.2. The number of sulfone groups is 1. The molecule has 1 N–H and O–H groups in total. The Morgan fingerprint density at radius 2 is 1.81 bits per heavy atom. The Hall–Kier alpha value is -2.67. The molecule has 27 heavy (non-hydrogen) atoms. The standard InChI is InChI=1S/C20H21FN2O3S/c1-2-11-22-20(24)13-23-12-19(16-8-4-6-10-18(16)23)27(25,26)14-15-7-3-5-9-17(15)21/h3-10,12H,2,11,13-14H2,1H3,(H,22,24). The summed E-state index contributed by atoms with van der Waals surface area (Å²) < 4.78 is 41.5. The third-order valence-electron chi connectivity index (χ3n) is 4.28. The van der Waals surface area contributed by atoms with Gasteiger partial charge in [0.15, 0.2) is 9.84 Å². The van der Waals surface area contributed by atoms with Gasteiger partial charge in [0, 0.05) is 29.2 Å². The van der Waals surface area contributed by atoms with Crippen LogP contribution >= 0.6 is 0 Å². The molecule has 1 amide bonds. The SMILES string of the molecule is CCCNC(=O)Cn1cc(S(=O)(=O)Cc2ccccc2F)c2ccccc21. The highest BCUT2D eigenvalue weighted by Crippen LogP contribution is 2.28. The maximum Gasteiger partial charge on any atom is 0.239 e. The van der Waals surface area contributed by atoms with Crippen LogP contribution in [-0.2, 0) is 26.9 Å². The van der Waals surface area contributed by atoms with Gasteiger partial charge in [-0.15, -0.1) is 0 Å². The smallest absolute Gasteiger partial charge is 0.239 e. The van der Waals surface area contributed by atoms with E-state index in [9.17, 15) is 17.6 Å². The largest absolute Gasteiger partial charge is 0.355 e. The molecule has 0 bridgehead atoms. The number of nitrogens with zero attached hydrogens (tertiary/aromatic N) is 1. The minimum atomic E-state index is -3.79. The van der Waals surface area contributed by atoms with Gasteiger partial charge in [-0.25, -0.2) is 12.8 Å². The van der Waals surface area contributed by atoms with Crippen LogP contribution in [0.1, 0.15) is 18.9 Å². The van der Waals surface area contributed by atoms with Crippen LogP contribution in [0.3, 0.4) is 0 Å². The second-order valence-corrected chi connectivity index (χ2v) is 8.30. The molecule has 0 aliphatic heterocycles. The monoisotopic (exact) mass is 388 g/mol. The highest BCUT2D eigenvalue weighted by atomic mass is 32.2. The first-order chi connectivity index (χ1) is 12.9. The van der Waals surface area contributed by atoms with E-state index in [0.717, 1.165) is 6.42 Å². The van der Waals surface area contributed by atoms with Crippen LogP contribution in [0, 0.1) is 5.82 Å². The topological polar surface area (TPSA) is 68.2 Å². The maximum atomic E-state index is 13.9. The molecule has 1 heterocycles. The van der Waals surface area contributed by atoms with Gasteiger partial charge in [0.25, 0.3) is 0 Å². The van der Waals surface area contributed by atoms with Crippen molar-refractivity contribution in [1.29, 1.82) is 0 Å². The van der Waals surface area contributed by atoms with Gasteiger partial charge in [0.2, 0.25) is 5.91 Å². The van der Waals surface area contributed by atoms with Gasteiger partial charge < -0.3 is 9.88 Å². The normalized spacial score (nSPS) is 11.6. The van der Waals surface area contributed by atoms with Crippen molar-refractivity contribution in [2.24, 2.45) is 0 Å². The van der Waals surface area contributed by atoms with Crippen LogP contribution in [0.15, 0.2) is 59.6 Å². The number of amides is 1. The Kier molecular flexibility index (Phi) is 5.60. The quantitative estimate of drug-likeness (QED) is 0.675. The van der Waals surface area contributed by atoms with Crippen LogP contribution in [0.2, 0.25) is 0 Å². The van der Waals surface area contributed by atoms with Crippen LogP contribution in [-0.4, -0.2) is 25.4 Å². The molecule has 0 spiro atoms. The summed E-state index contributed by atoms with van der Waals surface area (Å²) in [6.45, 7) is 2.55. The van der Waals surface area contributed by atoms with Crippen molar-refractivity contribution in [1.82, 2.24) is 9.88 Å². The molecular formula is C20H21FN2O3S. The Bertz CT molecular complexity index is 1070. The van der Waals surface area contributed by atoms with Crippen molar-refractivity contribution < 1.29 is 17.6 Å². The Morgan fingerprint density at radius 3 is 2.56 bits per heavy atom. The Balaban J connectivity index is 1.99. The number of fused-ring (bicyclic) bond motifs is 1. The summed E-state index contributed by atoms with van der Waals surface area (Å²) in [6.07, 6.45) is 2.28. The fourth-order valence-corrected chi connectivity index (χ4v) is 4.56. The number of para-hydroxylation sites is 1. The fourth-order valence-electron chi connectivity index (χ4n) is 2.96. The molecule has 142 valence electrons. The van der Waals surface area contributed by atoms with Crippen molar-refractivity contribution >= 4 is 26.6 Å². The molecule has 1 aromatic heterocycles. The highest BCUT2D eigenvalue weighted by Gasteiger charge is 2.23. The van der Waals surface area contributed by atoms with E-state index in [1.165, 1.54) is 24.4 Å². The van der Waals surface area contributed by atoms with Crippen molar-refractivity contribution in [3.8, 4) is 0 Å². The van der Waals surface area contributed by atoms with E-state index in [1.807, 2.05) is 6.92 Å². The third kappa shape index (κ3) is 4.19. The number of carbonyl (C=O) groups is 1. The first kappa shape index (κ1) is 19.1. The summed E-state index contributed by atoms with van der Waals surface area (Å²) in [6, 6.07) is 12.8. The molecule has 0 saturated carbocycles. The molecule has 3 aromatic rings. The molecule has 0 aliphatic rings. The zero-order valence-electron chi connectivity index (χ0n) is 15.0. The third-order valence-corrected chi connectivity index (χ3v) is 5.96. The van der Waals surface area contributed by atoms with E-state index in [4.69, 9.17) is 0 Å². The summed E-state index contributed by atoms with van der Waals surface area (Å²) in [5.74, 6) is -1.17. The molecule has 0 saturated heterocycles.